The number of ketones is 1. The van der Waals surface area contributed by atoms with Crippen molar-refractivity contribution in [2.45, 2.75) is 75.7 Å². The average molecular weight is 486 g/mol. The van der Waals surface area contributed by atoms with Gasteiger partial charge in [0.1, 0.15) is 16.6 Å². The van der Waals surface area contributed by atoms with Gasteiger partial charge in [-0.15, -0.1) is 23.1 Å². The van der Waals surface area contributed by atoms with Crippen molar-refractivity contribution in [3.63, 3.8) is 0 Å². The number of carbonyl (C=O) groups excluding carboxylic acids is 1. The van der Waals surface area contributed by atoms with Crippen LogP contribution in [0.1, 0.15) is 69.7 Å². The third-order valence-electron chi connectivity index (χ3n) is 5.20. The molecule has 0 radical (unpaired) electrons. The normalized spacial score (nSPS) is 11.7. The molecule has 0 saturated heterocycles. The second-order valence-corrected chi connectivity index (χ2v) is 11.7. The predicted octanol–water partition coefficient (Wildman–Crippen LogP) is 6.70. The van der Waals surface area contributed by atoms with Crippen molar-refractivity contribution in [3.05, 3.63) is 58.9 Å². The van der Waals surface area contributed by atoms with Gasteiger partial charge in [-0.2, -0.15) is 0 Å². The maximum atomic E-state index is 12.6. The summed E-state index contributed by atoms with van der Waals surface area (Å²) in [5.74, 6) is 2.46. The molecule has 5 nitrogen and oxygen atoms in total. The molecule has 0 saturated carbocycles. The van der Waals surface area contributed by atoms with Crippen molar-refractivity contribution in [2.75, 3.05) is 18.0 Å². The van der Waals surface area contributed by atoms with Crippen LogP contribution in [0.4, 0.5) is 5.69 Å². The van der Waals surface area contributed by atoms with E-state index in [-0.39, 0.29) is 11.2 Å². The van der Waals surface area contributed by atoms with Gasteiger partial charge in [-0.05, 0) is 30.5 Å². The molecular formula is C26H35N3O2S2. The second kappa shape index (κ2) is 11.8. The molecule has 0 N–H and O–H groups in total. The molecule has 0 aliphatic heterocycles. The van der Waals surface area contributed by atoms with Gasteiger partial charge in [0, 0.05) is 30.6 Å². The maximum Gasteiger partial charge on any atom is 0.204 e. The number of thiazole rings is 1. The largest absolute Gasteiger partial charge is 0.444 e. The van der Waals surface area contributed by atoms with Gasteiger partial charge >= 0.3 is 0 Å². The van der Waals surface area contributed by atoms with Gasteiger partial charge in [-0.1, -0.05) is 46.8 Å². The molecule has 0 unspecified atom stereocenters. The Morgan fingerprint density at radius 2 is 1.73 bits per heavy atom. The van der Waals surface area contributed by atoms with Crippen molar-refractivity contribution in [3.8, 4) is 0 Å². The van der Waals surface area contributed by atoms with Crippen LogP contribution in [0.25, 0.3) is 0 Å². The number of anilines is 1. The van der Waals surface area contributed by atoms with Gasteiger partial charge in [0.15, 0.2) is 0 Å². The van der Waals surface area contributed by atoms with E-state index in [1.54, 1.807) is 23.1 Å². The highest BCUT2D eigenvalue weighted by molar-refractivity contribution is 8.00. The van der Waals surface area contributed by atoms with Crippen molar-refractivity contribution < 1.29 is 9.21 Å². The van der Waals surface area contributed by atoms with Crippen LogP contribution in [0.5, 0.6) is 0 Å². The molecular weight excluding hydrogens is 450 g/mol. The van der Waals surface area contributed by atoms with E-state index in [1.165, 1.54) is 5.69 Å². The van der Waals surface area contributed by atoms with Crippen LogP contribution in [0.3, 0.4) is 0 Å². The summed E-state index contributed by atoms with van der Waals surface area (Å²) in [6.45, 7) is 12.9. The Hall–Kier alpha value is -2.12. The molecule has 3 rings (SSSR count). The third kappa shape index (κ3) is 7.71. The summed E-state index contributed by atoms with van der Waals surface area (Å²) in [7, 11) is 0. The van der Waals surface area contributed by atoms with Gasteiger partial charge in [0.2, 0.25) is 5.89 Å². The summed E-state index contributed by atoms with van der Waals surface area (Å²) in [6, 6.07) is 8.44. The predicted molar refractivity (Wildman–Crippen MR) is 139 cm³/mol. The van der Waals surface area contributed by atoms with Gasteiger partial charge in [0.25, 0.3) is 0 Å². The van der Waals surface area contributed by atoms with Gasteiger partial charge in [-0.25, -0.2) is 9.97 Å². The molecule has 2 aromatic heterocycles. The number of thioether (sulfide) groups is 1. The van der Waals surface area contributed by atoms with Crippen molar-refractivity contribution in [1.82, 2.24) is 9.97 Å². The van der Waals surface area contributed by atoms with Gasteiger partial charge in [0.05, 0.1) is 28.8 Å². The number of rotatable bonds is 12. The molecule has 0 bridgehead atoms. The first-order valence-corrected chi connectivity index (χ1v) is 13.5. The second-order valence-electron chi connectivity index (χ2n) is 9.28. The number of Topliss-reactive ketones (excluding diaryl/α,β-unsaturated/α-hetero) is 1. The molecule has 0 aliphatic rings. The van der Waals surface area contributed by atoms with E-state index in [1.807, 2.05) is 12.4 Å². The van der Waals surface area contributed by atoms with Crippen molar-refractivity contribution >= 4 is 34.6 Å². The van der Waals surface area contributed by atoms with E-state index < -0.39 is 0 Å². The number of carbonyl (C=O) groups is 1. The van der Waals surface area contributed by atoms with Crippen molar-refractivity contribution in [2.24, 2.45) is 0 Å². The molecule has 33 heavy (non-hydrogen) atoms. The lowest BCUT2D eigenvalue weighted by atomic mass is 9.94. The molecule has 0 amide bonds. The number of hydrogen-bond donors (Lipinski definition) is 0. The van der Waals surface area contributed by atoms with Crippen LogP contribution in [-0.4, -0.2) is 28.8 Å². The minimum absolute atomic E-state index is 0.0430. The van der Waals surface area contributed by atoms with E-state index in [0.717, 1.165) is 52.4 Å². The van der Waals surface area contributed by atoms with Crippen LogP contribution < -0.4 is 4.90 Å². The molecule has 0 fully saturated rings. The minimum atomic E-state index is -0.0430. The summed E-state index contributed by atoms with van der Waals surface area (Å²) in [4.78, 5) is 23.8. The quantitative estimate of drug-likeness (QED) is 0.266. The topological polar surface area (TPSA) is 59.2 Å². The first-order chi connectivity index (χ1) is 15.8. The van der Waals surface area contributed by atoms with Gasteiger partial charge < -0.3 is 9.32 Å². The molecule has 1 aromatic carbocycles. The monoisotopic (exact) mass is 485 g/mol. The molecule has 7 heteroatoms. The first kappa shape index (κ1) is 25.5. The van der Waals surface area contributed by atoms with Gasteiger partial charge in [-0.3, -0.25) is 4.79 Å². The molecule has 2 heterocycles. The third-order valence-corrected chi connectivity index (χ3v) is 7.38. The lowest BCUT2D eigenvalue weighted by Crippen LogP contribution is -2.24. The summed E-state index contributed by atoms with van der Waals surface area (Å²) < 4.78 is 6.93. The Morgan fingerprint density at radius 1 is 1.03 bits per heavy atom. The SMILES string of the molecule is CCCN(CCC)c1ccc(CC(=O)Cc2ncc(SCc3ncc(C(C)(C)C)o3)s2)cc1. The zero-order chi connectivity index (χ0) is 23.8. The van der Waals surface area contributed by atoms with Crippen LogP contribution in [0, 0.1) is 0 Å². The average Bonchev–Trinajstić information content (AvgIpc) is 3.42. The highest BCUT2D eigenvalue weighted by Crippen LogP contribution is 2.30. The van der Waals surface area contributed by atoms with Crippen molar-refractivity contribution in [1.29, 1.82) is 0 Å². The Balaban J connectivity index is 1.49. The number of benzene rings is 1. The van der Waals surface area contributed by atoms with E-state index in [0.29, 0.717) is 18.6 Å². The Morgan fingerprint density at radius 3 is 2.33 bits per heavy atom. The zero-order valence-corrected chi connectivity index (χ0v) is 22.0. The fourth-order valence-electron chi connectivity index (χ4n) is 3.49. The van der Waals surface area contributed by atoms with Crippen LogP contribution in [0.2, 0.25) is 0 Å². The van der Waals surface area contributed by atoms with Crippen LogP contribution >= 0.6 is 23.1 Å². The van der Waals surface area contributed by atoms with E-state index in [9.17, 15) is 4.79 Å². The number of oxazole rings is 1. The Labute approximate surface area is 206 Å². The molecule has 0 aliphatic carbocycles. The first-order valence-electron chi connectivity index (χ1n) is 11.7. The minimum Gasteiger partial charge on any atom is -0.444 e. The van der Waals surface area contributed by atoms with Crippen LogP contribution in [0.15, 0.2) is 45.3 Å². The van der Waals surface area contributed by atoms with E-state index in [4.69, 9.17) is 4.42 Å². The summed E-state index contributed by atoms with van der Waals surface area (Å²) in [5.41, 5.74) is 2.25. The number of hydrogen-bond acceptors (Lipinski definition) is 7. The Bertz CT molecular complexity index is 1010. The fraction of sp³-hybridized carbons (Fsp3) is 0.500. The summed E-state index contributed by atoms with van der Waals surface area (Å²) in [6.07, 6.45) is 6.73. The molecule has 3 aromatic rings. The maximum absolute atomic E-state index is 12.6. The fourth-order valence-corrected chi connectivity index (χ4v) is 5.40. The lowest BCUT2D eigenvalue weighted by Gasteiger charge is -2.23. The highest BCUT2D eigenvalue weighted by Gasteiger charge is 2.19. The highest BCUT2D eigenvalue weighted by atomic mass is 32.2. The van der Waals surface area contributed by atoms with E-state index >= 15 is 0 Å². The zero-order valence-electron chi connectivity index (χ0n) is 20.4. The number of nitrogens with zero attached hydrogens (tertiary/aromatic N) is 3. The number of aromatic nitrogens is 2. The summed E-state index contributed by atoms with van der Waals surface area (Å²) >= 11 is 3.22. The van der Waals surface area contributed by atoms with E-state index in [2.05, 4.69) is 73.8 Å². The molecule has 0 atom stereocenters. The summed E-state index contributed by atoms with van der Waals surface area (Å²) in [5, 5.41) is 0.860. The standard InChI is InChI=1S/C26H35N3O2S2/c1-6-12-29(13-7-2)20-10-8-19(9-11-20)14-21(30)15-24-28-17-25(33-24)32-18-23-27-16-22(31-23)26(3,4)5/h8-11,16-17H,6-7,12-15,18H2,1-5H3. The molecule has 178 valence electrons. The molecule has 0 spiro atoms. The Kier molecular flexibility index (Phi) is 9.15. The van der Waals surface area contributed by atoms with Crippen LogP contribution in [-0.2, 0) is 28.8 Å². The lowest BCUT2D eigenvalue weighted by molar-refractivity contribution is -0.117. The smallest absolute Gasteiger partial charge is 0.204 e.